The van der Waals surface area contributed by atoms with Gasteiger partial charge in [-0.2, -0.15) is 5.10 Å². The summed E-state index contributed by atoms with van der Waals surface area (Å²) in [5, 5.41) is 7.58. The van der Waals surface area contributed by atoms with Gasteiger partial charge in [0.05, 0.1) is 0 Å². The zero-order chi connectivity index (χ0) is 15.5. The van der Waals surface area contributed by atoms with E-state index in [1.807, 2.05) is 20.8 Å². The van der Waals surface area contributed by atoms with Gasteiger partial charge in [0.1, 0.15) is 11.3 Å². The number of ketones is 1. The smallest absolute Gasteiger partial charge is 0.410 e. The molecule has 1 amide bonds. The van der Waals surface area contributed by atoms with Gasteiger partial charge in [-0.1, -0.05) is 0 Å². The van der Waals surface area contributed by atoms with Crippen LogP contribution in [0.15, 0.2) is 18.3 Å². The number of hydrogen-bond donors (Lipinski definition) is 0. The van der Waals surface area contributed by atoms with E-state index in [4.69, 9.17) is 4.74 Å². The molecule has 1 saturated heterocycles. The lowest BCUT2D eigenvalue weighted by Gasteiger charge is -2.32. The van der Waals surface area contributed by atoms with E-state index in [2.05, 4.69) is 10.2 Å². The number of rotatable bonds is 2. The fourth-order valence-electron chi connectivity index (χ4n) is 2.29. The van der Waals surface area contributed by atoms with Crippen molar-refractivity contribution in [1.82, 2.24) is 15.1 Å². The summed E-state index contributed by atoms with van der Waals surface area (Å²) in [5.74, 6) is -0.0904. The molecule has 1 aliphatic rings. The van der Waals surface area contributed by atoms with Crippen LogP contribution in [0.2, 0.25) is 0 Å². The van der Waals surface area contributed by atoms with Crippen LogP contribution in [0.25, 0.3) is 0 Å². The Morgan fingerprint density at radius 2 is 1.95 bits per heavy atom. The fourth-order valence-corrected chi connectivity index (χ4v) is 2.29. The second-order valence-corrected chi connectivity index (χ2v) is 6.21. The topological polar surface area (TPSA) is 72.4 Å². The zero-order valence-corrected chi connectivity index (χ0v) is 12.7. The lowest BCUT2D eigenvalue weighted by atomic mass is 9.91. The number of piperidine rings is 1. The molecule has 114 valence electrons. The van der Waals surface area contributed by atoms with Gasteiger partial charge in [-0.05, 0) is 45.7 Å². The summed E-state index contributed by atoms with van der Waals surface area (Å²) in [5.41, 5.74) is -0.100. The molecule has 0 bridgehead atoms. The SMILES string of the molecule is CC(C)(C)OC(=O)N1CCC(C(=O)c2cccnn2)CC1. The molecule has 2 rings (SSSR count). The number of Topliss-reactive ketones (excluding diaryl/α,β-unsaturated/α-hetero) is 1. The average molecular weight is 291 g/mol. The Morgan fingerprint density at radius 3 is 2.48 bits per heavy atom. The second kappa shape index (κ2) is 6.20. The first-order valence-corrected chi connectivity index (χ1v) is 7.16. The van der Waals surface area contributed by atoms with E-state index in [0.717, 1.165) is 0 Å². The first-order chi connectivity index (χ1) is 9.87. The van der Waals surface area contributed by atoms with Gasteiger partial charge in [0.2, 0.25) is 0 Å². The van der Waals surface area contributed by atoms with E-state index in [1.165, 1.54) is 0 Å². The van der Waals surface area contributed by atoms with E-state index in [1.54, 1.807) is 23.2 Å². The predicted octanol–water partition coefficient (Wildman–Crippen LogP) is 2.31. The molecule has 0 radical (unpaired) electrons. The molecule has 0 N–H and O–H groups in total. The van der Waals surface area contributed by atoms with E-state index in [0.29, 0.717) is 31.6 Å². The van der Waals surface area contributed by atoms with Crippen LogP contribution < -0.4 is 0 Å². The Bertz CT molecular complexity index is 503. The molecule has 0 aromatic carbocycles. The van der Waals surface area contributed by atoms with Crippen molar-refractivity contribution >= 4 is 11.9 Å². The third-order valence-electron chi connectivity index (χ3n) is 3.34. The summed E-state index contributed by atoms with van der Waals surface area (Å²) in [4.78, 5) is 25.9. The van der Waals surface area contributed by atoms with Crippen molar-refractivity contribution in [3.05, 3.63) is 24.0 Å². The molecule has 0 atom stereocenters. The Labute approximate surface area is 124 Å². The Balaban J connectivity index is 1.89. The zero-order valence-electron chi connectivity index (χ0n) is 12.7. The molecule has 6 nitrogen and oxygen atoms in total. The number of carbonyl (C=O) groups excluding carboxylic acids is 2. The summed E-state index contributed by atoms with van der Waals surface area (Å²) < 4.78 is 5.34. The normalized spacial score (nSPS) is 16.6. The van der Waals surface area contributed by atoms with Gasteiger partial charge in [-0.15, -0.1) is 5.10 Å². The van der Waals surface area contributed by atoms with E-state index in [-0.39, 0.29) is 17.8 Å². The number of hydrogen-bond acceptors (Lipinski definition) is 5. The van der Waals surface area contributed by atoms with E-state index in [9.17, 15) is 9.59 Å². The van der Waals surface area contributed by atoms with Crippen molar-refractivity contribution < 1.29 is 14.3 Å². The van der Waals surface area contributed by atoms with E-state index < -0.39 is 5.60 Å². The average Bonchev–Trinajstić information content (AvgIpc) is 2.46. The van der Waals surface area contributed by atoms with Crippen LogP contribution in [0.5, 0.6) is 0 Å². The Morgan fingerprint density at radius 1 is 1.29 bits per heavy atom. The highest BCUT2D eigenvalue weighted by Gasteiger charge is 2.30. The van der Waals surface area contributed by atoms with Crippen LogP contribution in [0.3, 0.4) is 0 Å². The molecule has 1 aliphatic heterocycles. The van der Waals surface area contributed by atoms with Crippen molar-refractivity contribution in [2.24, 2.45) is 5.92 Å². The van der Waals surface area contributed by atoms with Gasteiger partial charge < -0.3 is 9.64 Å². The quantitative estimate of drug-likeness (QED) is 0.782. The predicted molar refractivity (Wildman–Crippen MR) is 76.9 cm³/mol. The Hall–Kier alpha value is -1.98. The number of nitrogens with zero attached hydrogens (tertiary/aromatic N) is 3. The molecule has 21 heavy (non-hydrogen) atoms. The molecule has 0 aliphatic carbocycles. The van der Waals surface area contributed by atoms with Gasteiger partial charge in [-0.3, -0.25) is 4.79 Å². The summed E-state index contributed by atoms with van der Waals surface area (Å²) in [6, 6.07) is 3.38. The van der Waals surface area contributed by atoms with Crippen LogP contribution in [-0.2, 0) is 4.74 Å². The molecule has 2 heterocycles. The molecular formula is C15H21N3O3. The minimum absolute atomic E-state index is 0.00642. The summed E-state index contributed by atoms with van der Waals surface area (Å²) in [6.07, 6.45) is 2.50. The van der Waals surface area contributed by atoms with Gasteiger partial charge in [0, 0.05) is 25.2 Å². The van der Waals surface area contributed by atoms with Crippen LogP contribution in [0.1, 0.15) is 44.1 Å². The first kappa shape index (κ1) is 15.4. The third-order valence-corrected chi connectivity index (χ3v) is 3.34. The number of likely N-dealkylation sites (tertiary alicyclic amines) is 1. The van der Waals surface area contributed by atoms with Gasteiger partial charge in [0.15, 0.2) is 5.78 Å². The van der Waals surface area contributed by atoms with Crippen molar-refractivity contribution in [3.63, 3.8) is 0 Å². The number of amides is 1. The lowest BCUT2D eigenvalue weighted by Crippen LogP contribution is -2.43. The maximum Gasteiger partial charge on any atom is 0.410 e. The lowest BCUT2D eigenvalue weighted by molar-refractivity contribution is 0.0182. The van der Waals surface area contributed by atoms with Crippen molar-refractivity contribution in [3.8, 4) is 0 Å². The second-order valence-electron chi connectivity index (χ2n) is 6.21. The van der Waals surface area contributed by atoms with Gasteiger partial charge in [-0.25, -0.2) is 4.79 Å². The largest absolute Gasteiger partial charge is 0.444 e. The first-order valence-electron chi connectivity index (χ1n) is 7.16. The molecule has 1 fully saturated rings. The van der Waals surface area contributed by atoms with Crippen LogP contribution in [-0.4, -0.2) is 45.7 Å². The van der Waals surface area contributed by atoms with Crippen LogP contribution in [0, 0.1) is 5.92 Å². The minimum atomic E-state index is -0.497. The van der Waals surface area contributed by atoms with E-state index >= 15 is 0 Å². The summed E-state index contributed by atoms with van der Waals surface area (Å²) in [7, 11) is 0. The van der Waals surface area contributed by atoms with Crippen molar-refractivity contribution in [2.75, 3.05) is 13.1 Å². The maximum absolute atomic E-state index is 12.3. The van der Waals surface area contributed by atoms with Gasteiger partial charge in [0.25, 0.3) is 0 Å². The number of aromatic nitrogens is 2. The van der Waals surface area contributed by atoms with Crippen molar-refractivity contribution in [1.29, 1.82) is 0 Å². The number of carbonyl (C=O) groups is 2. The monoisotopic (exact) mass is 291 g/mol. The highest BCUT2D eigenvalue weighted by atomic mass is 16.6. The molecule has 1 aromatic rings. The molecule has 0 saturated carbocycles. The fraction of sp³-hybridized carbons (Fsp3) is 0.600. The number of ether oxygens (including phenoxy) is 1. The molecule has 6 heteroatoms. The molecular weight excluding hydrogens is 270 g/mol. The third kappa shape index (κ3) is 4.24. The Kier molecular flexibility index (Phi) is 4.55. The molecule has 1 aromatic heterocycles. The summed E-state index contributed by atoms with van der Waals surface area (Å²) in [6.45, 7) is 6.59. The molecule has 0 unspecified atom stereocenters. The van der Waals surface area contributed by atoms with Crippen LogP contribution in [0.4, 0.5) is 4.79 Å². The standard InChI is InChI=1S/C15H21N3O3/c1-15(2,3)21-14(20)18-9-6-11(7-10-18)13(19)12-5-4-8-16-17-12/h4-5,8,11H,6-7,9-10H2,1-3H3. The van der Waals surface area contributed by atoms with Crippen molar-refractivity contribution in [2.45, 2.75) is 39.2 Å². The highest BCUT2D eigenvalue weighted by Crippen LogP contribution is 2.22. The summed E-state index contributed by atoms with van der Waals surface area (Å²) >= 11 is 0. The minimum Gasteiger partial charge on any atom is -0.444 e. The maximum atomic E-state index is 12.3. The molecule has 0 spiro atoms. The van der Waals surface area contributed by atoms with Gasteiger partial charge >= 0.3 is 6.09 Å². The van der Waals surface area contributed by atoms with Crippen LogP contribution >= 0.6 is 0 Å². The highest BCUT2D eigenvalue weighted by molar-refractivity contribution is 5.96.